The molecule has 0 saturated heterocycles. The average Bonchev–Trinajstić information content (AvgIpc) is 3.33. The van der Waals surface area contributed by atoms with Crippen molar-refractivity contribution < 1.29 is 0 Å². The van der Waals surface area contributed by atoms with E-state index in [0.29, 0.717) is 6.54 Å². The van der Waals surface area contributed by atoms with Gasteiger partial charge < -0.3 is 15.2 Å². The molecule has 3 rings (SSSR count). The summed E-state index contributed by atoms with van der Waals surface area (Å²) in [6.07, 6.45) is 2.41. The van der Waals surface area contributed by atoms with Gasteiger partial charge in [-0.05, 0) is 44.4 Å². The zero-order valence-corrected chi connectivity index (χ0v) is 19.3. The van der Waals surface area contributed by atoms with Gasteiger partial charge in [0.25, 0.3) is 0 Å². The summed E-state index contributed by atoms with van der Waals surface area (Å²) in [6.45, 7) is 6.24. The van der Waals surface area contributed by atoms with Crippen LogP contribution in [0.4, 0.5) is 0 Å². The van der Waals surface area contributed by atoms with Crippen LogP contribution in [0, 0.1) is 6.92 Å². The second-order valence-electron chi connectivity index (χ2n) is 6.56. The maximum Gasteiger partial charge on any atom is 0.191 e. The molecule has 1 aromatic heterocycles. The van der Waals surface area contributed by atoms with E-state index in [-0.39, 0.29) is 29.4 Å². The van der Waals surface area contributed by atoms with Crippen molar-refractivity contribution in [3.05, 3.63) is 46.0 Å². The van der Waals surface area contributed by atoms with Gasteiger partial charge in [-0.2, -0.15) is 0 Å². The number of benzene rings is 1. The van der Waals surface area contributed by atoms with Crippen LogP contribution in [0.1, 0.15) is 37.0 Å². The van der Waals surface area contributed by atoms with Gasteiger partial charge in [0.2, 0.25) is 0 Å². The summed E-state index contributed by atoms with van der Waals surface area (Å²) >= 11 is 3.58. The minimum atomic E-state index is 0. The molecule has 26 heavy (non-hydrogen) atoms. The third-order valence-corrected chi connectivity index (χ3v) is 5.28. The Balaban J connectivity index is 0.00000243. The molecule has 0 unspecified atom stereocenters. The number of aromatic nitrogens is 3. The van der Waals surface area contributed by atoms with E-state index in [1.54, 1.807) is 0 Å². The van der Waals surface area contributed by atoms with Crippen LogP contribution < -0.4 is 10.6 Å². The molecule has 2 aromatic rings. The maximum absolute atomic E-state index is 4.66. The lowest BCUT2D eigenvalue weighted by Gasteiger charge is -2.19. The normalized spacial score (nSPS) is 15.3. The molecule has 1 saturated carbocycles. The van der Waals surface area contributed by atoms with Gasteiger partial charge in [-0.25, -0.2) is 4.99 Å². The molecule has 8 heteroatoms. The highest BCUT2D eigenvalue weighted by Gasteiger charge is 2.44. The van der Waals surface area contributed by atoms with Crippen LogP contribution in [0.3, 0.4) is 0 Å². The molecule has 2 N–H and O–H groups in total. The van der Waals surface area contributed by atoms with Crippen molar-refractivity contribution in [1.29, 1.82) is 0 Å². The molecule has 142 valence electrons. The van der Waals surface area contributed by atoms with Crippen LogP contribution >= 0.6 is 39.9 Å². The first-order valence-corrected chi connectivity index (χ1v) is 9.46. The molecular weight excluding hydrogens is 507 g/mol. The van der Waals surface area contributed by atoms with E-state index >= 15 is 0 Å². The molecule has 1 aromatic carbocycles. The van der Waals surface area contributed by atoms with Crippen molar-refractivity contribution in [3.8, 4) is 0 Å². The highest BCUT2D eigenvalue weighted by atomic mass is 127. The number of guanidine groups is 1. The lowest BCUT2D eigenvalue weighted by Crippen LogP contribution is -2.41. The lowest BCUT2D eigenvalue weighted by atomic mass is 9.96. The molecule has 0 amide bonds. The Morgan fingerprint density at radius 3 is 2.65 bits per heavy atom. The van der Waals surface area contributed by atoms with Crippen LogP contribution in [0.25, 0.3) is 0 Å². The summed E-state index contributed by atoms with van der Waals surface area (Å²) in [5.74, 6) is 2.59. The fraction of sp³-hybridized carbons (Fsp3) is 0.500. The fourth-order valence-electron chi connectivity index (χ4n) is 2.87. The molecule has 1 aliphatic rings. The summed E-state index contributed by atoms with van der Waals surface area (Å²) < 4.78 is 3.10. The zero-order chi connectivity index (χ0) is 17.9. The van der Waals surface area contributed by atoms with Crippen molar-refractivity contribution in [2.45, 2.75) is 38.6 Å². The standard InChI is InChI=1S/C18H25BrN6.HI/c1-4-20-17(21-11-16-24-23-13(2)25(16)3)22-12-18(8-9-18)14-6-5-7-15(19)10-14;/h5-7,10H,4,8-9,11-12H2,1-3H3,(H2,20,21,22);1H. The number of aryl methyl sites for hydroxylation is 1. The van der Waals surface area contributed by atoms with Gasteiger partial charge in [-0.3, -0.25) is 0 Å². The highest BCUT2D eigenvalue weighted by Crippen LogP contribution is 2.48. The molecule has 0 spiro atoms. The van der Waals surface area contributed by atoms with Gasteiger partial charge in [-0.1, -0.05) is 28.1 Å². The first-order chi connectivity index (χ1) is 12.0. The molecule has 0 radical (unpaired) electrons. The van der Waals surface area contributed by atoms with E-state index in [4.69, 9.17) is 0 Å². The summed E-state index contributed by atoms with van der Waals surface area (Å²) in [7, 11) is 1.97. The number of hydrogen-bond donors (Lipinski definition) is 2. The second-order valence-corrected chi connectivity index (χ2v) is 7.48. The minimum Gasteiger partial charge on any atom is -0.357 e. The van der Waals surface area contributed by atoms with E-state index < -0.39 is 0 Å². The van der Waals surface area contributed by atoms with Gasteiger partial charge in [0.15, 0.2) is 11.8 Å². The van der Waals surface area contributed by atoms with Gasteiger partial charge in [0, 0.05) is 30.0 Å². The van der Waals surface area contributed by atoms with Crippen molar-refractivity contribution in [2.24, 2.45) is 12.0 Å². The van der Waals surface area contributed by atoms with Gasteiger partial charge >= 0.3 is 0 Å². The third-order valence-electron chi connectivity index (χ3n) is 4.79. The van der Waals surface area contributed by atoms with Crippen molar-refractivity contribution in [3.63, 3.8) is 0 Å². The van der Waals surface area contributed by atoms with E-state index in [0.717, 1.165) is 35.2 Å². The Bertz CT molecular complexity index is 769. The Hall–Kier alpha value is -1.16. The quantitative estimate of drug-likeness (QED) is 0.340. The van der Waals surface area contributed by atoms with Crippen LogP contribution in [0.15, 0.2) is 33.7 Å². The predicted molar refractivity (Wildman–Crippen MR) is 119 cm³/mol. The van der Waals surface area contributed by atoms with E-state index in [1.165, 1.54) is 18.4 Å². The average molecular weight is 533 g/mol. The van der Waals surface area contributed by atoms with Crippen molar-refractivity contribution in [1.82, 2.24) is 25.4 Å². The first-order valence-electron chi connectivity index (χ1n) is 8.67. The number of rotatable bonds is 6. The molecule has 1 heterocycles. The Morgan fingerprint density at radius 1 is 1.31 bits per heavy atom. The van der Waals surface area contributed by atoms with E-state index in [2.05, 4.69) is 72.9 Å². The summed E-state index contributed by atoms with van der Waals surface area (Å²) in [6, 6.07) is 8.61. The topological polar surface area (TPSA) is 67.1 Å². The third kappa shape index (κ3) is 4.97. The minimum absolute atomic E-state index is 0. The maximum atomic E-state index is 4.66. The molecule has 6 nitrogen and oxygen atoms in total. The predicted octanol–water partition coefficient (Wildman–Crippen LogP) is 3.29. The Labute approximate surface area is 180 Å². The molecule has 0 bridgehead atoms. The fourth-order valence-corrected chi connectivity index (χ4v) is 3.27. The largest absolute Gasteiger partial charge is 0.357 e. The highest BCUT2D eigenvalue weighted by molar-refractivity contribution is 14.0. The van der Waals surface area contributed by atoms with Gasteiger partial charge in [0.05, 0.1) is 0 Å². The second kappa shape index (κ2) is 9.16. The van der Waals surface area contributed by atoms with Crippen LogP contribution in [-0.4, -0.2) is 33.8 Å². The lowest BCUT2D eigenvalue weighted by molar-refractivity contribution is 0.644. The van der Waals surface area contributed by atoms with Crippen LogP contribution in [0.5, 0.6) is 0 Å². The SMILES string of the molecule is CCNC(=NCc1nnc(C)n1C)NCC1(c2cccc(Br)c2)CC1.I. The number of aliphatic imine (C=N–C) groups is 1. The molecule has 0 aliphatic heterocycles. The Morgan fingerprint density at radius 2 is 2.08 bits per heavy atom. The van der Waals surface area contributed by atoms with Crippen molar-refractivity contribution >= 4 is 45.9 Å². The van der Waals surface area contributed by atoms with Gasteiger partial charge in [-0.15, -0.1) is 34.2 Å². The summed E-state index contributed by atoms with van der Waals surface area (Å²) in [5.41, 5.74) is 1.61. The van der Waals surface area contributed by atoms with Crippen LogP contribution in [-0.2, 0) is 19.0 Å². The van der Waals surface area contributed by atoms with Crippen molar-refractivity contribution in [2.75, 3.05) is 13.1 Å². The van der Waals surface area contributed by atoms with E-state index in [1.807, 2.05) is 18.5 Å². The van der Waals surface area contributed by atoms with Gasteiger partial charge in [0.1, 0.15) is 12.4 Å². The molecule has 0 atom stereocenters. The monoisotopic (exact) mass is 532 g/mol. The molecule has 1 aliphatic carbocycles. The number of hydrogen-bond acceptors (Lipinski definition) is 3. The van der Waals surface area contributed by atoms with Crippen LogP contribution in [0.2, 0.25) is 0 Å². The number of nitrogens with zero attached hydrogens (tertiary/aromatic N) is 4. The first kappa shape index (κ1) is 21.1. The number of nitrogens with one attached hydrogen (secondary N) is 2. The molecule has 1 fully saturated rings. The zero-order valence-electron chi connectivity index (χ0n) is 15.4. The summed E-state index contributed by atoms with van der Waals surface area (Å²) in [5, 5.41) is 15.1. The summed E-state index contributed by atoms with van der Waals surface area (Å²) in [4.78, 5) is 4.66. The Kier molecular flexibility index (Phi) is 7.45. The number of halogens is 2. The molecular formula is C18H26BrIN6. The smallest absolute Gasteiger partial charge is 0.191 e. The van der Waals surface area contributed by atoms with E-state index in [9.17, 15) is 0 Å².